The third-order valence-corrected chi connectivity index (χ3v) is 4.77. The zero-order valence-corrected chi connectivity index (χ0v) is 18.3. The number of amides is 2. The molecule has 166 valence electrons. The van der Waals surface area contributed by atoms with E-state index in [0.29, 0.717) is 36.0 Å². The molecular formula is C26H28N2O4. The highest BCUT2D eigenvalue weighted by Crippen LogP contribution is 2.30. The van der Waals surface area contributed by atoms with Gasteiger partial charge in [0.25, 0.3) is 5.91 Å². The molecule has 0 aliphatic rings. The molecule has 2 N–H and O–H groups in total. The highest BCUT2D eigenvalue weighted by molar-refractivity contribution is 5.96. The first-order valence-electron chi connectivity index (χ1n) is 10.7. The van der Waals surface area contributed by atoms with Gasteiger partial charge in [-0.3, -0.25) is 9.59 Å². The highest BCUT2D eigenvalue weighted by atomic mass is 16.5. The maximum atomic E-state index is 13.0. The molecule has 6 heteroatoms. The molecule has 0 bridgehead atoms. The van der Waals surface area contributed by atoms with Crippen molar-refractivity contribution < 1.29 is 19.1 Å². The molecule has 3 aromatic carbocycles. The number of hydrogen-bond acceptors (Lipinski definition) is 4. The lowest BCUT2D eigenvalue weighted by Gasteiger charge is -2.20. The Bertz CT molecular complexity index is 1020. The van der Waals surface area contributed by atoms with Crippen LogP contribution in [0.2, 0.25) is 0 Å². The highest BCUT2D eigenvalue weighted by Gasteiger charge is 2.20. The maximum Gasteiger partial charge on any atom is 0.251 e. The molecule has 6 nitrogen and oxygen atoms in total. The zero-order chi connectivity index (χ0) is 22.8. The van der Waals surface area contributed by atoms with E-state index in [1.165, 1.54) is 0 Å². The normalized spacial score (nSPS) is 11.3. The van der Waals surface area contributed by atoms with Crippen LogP contribution in [0.1, 0.15) is 42.2 Å². The summed E-state index contributed by atoms with van der Waals surface area (Å²) in [6.45, 7) is 4.76. The molecule has 3 rings (SSSR count). The van der Waals surface area contributed by atoms with Crippen molar-refractivity contribution in [3.8, 4) is 11.5 Å². The molecule has 0 aliphatic carbocycles. The molecule has 0 aliphatic heterocycles. The number of hydrogen-bond donors (Lipinski definition) is 2. The average molecular weight is 433 g/mol. The van der Waals surface area contributed by atoms with Crippen LogP contribution in [0.5, 0.6) is 11.5 Å². The van der Waals surface area contributed by atoms with Gasteiger partial charge in [0.2, 0.25) is 5.91 Å². The fourth-order valence-corrected chi connectivity index (χ4v) is 3.30. The Labute approximate surface area is 188 Å². The van der Waals surface area contributed by atoms with Crippen LogP contribution >= 0.6 is 0 Å². The van der Waals surface area contributed by atoms with Gasteiger partial charge in [-0.1, -0.05) is 48.5 Å². The minimum absolute atomic E-state index is 0.0625. The van der Waals surface area contributed by atoms with Crippen LogP contribution in [0.25, 0.3) is 0 Å². The largest absolute Gasteiger partial charge is 0.494 e. The van der Waals surface area contributed by atoms with Crippen LogP contribution in [0.3, 0.4) is 0 Å². The molecule has 0 heterocycles. The van der Waals surface area contributed by atoms with Crippen LogP contribution in [-0.4, -0.2) is 25.0 Å². The molecule has 0 spiro atoms. The van der Waals surface area contributed by atoms with E-state index < -0.39 is 6.04 Å². The predicted octanol–water partition coefficient (Wildman–Crippen LogP) is 4.98. The summed E-state index contributed by atoms with van der Waals surface area (Å²) in [6.07, 6.45) is 0.0625. The van der Waals surface area contributed by atoms with Gasteiger partial charge in [0.05, 0.1) is 31.4 Å². The molecule has 0 saturated carbocycles. The van der Waals surface area contributed by atoms with E-state index in [9.17, 15) is 9.59 Å². The summed E-state index contributed by atoms with van der Waals surface area (Å²) in [5.41, 5.74) is 1.92. The molecule has 0 saturated heterocycles. The number of anilines is 1. The summed E-state index contributed by atoms with van der Waals surface area (Å²) in [6, 6.07) is 23.2. The monoisotopic (exact) mass is 432 g/mol. The van der Waals surface area contributed by atoms with Crippen LogP contribution in [0.4, 0.5) is 5.69 Å². The van der Waals surface area contributed by atoms with E-state index in [0.717, 1.165) is 5.56 Å². The number of carbonyl (C=O) groups is 2. The molecule has 3 aromatic rings. The van der Waals surface area contributed by atoms with E-state index in [1.54, 1.807) is 42.5 Å². The number of benzene rings is 3. The Morgan fingerprint density at radius 1 is 0.844 bits per heavy atom. The van der Waals surface area contributed by atoms with Crippen molar-refractivity contribution in [2.45, 2.75) is 26.3 Å². The number of carbonyl (C=O) groups excluding carboxylic acids is 2. The van der Waals surface area contributed by atoms with Gasteiger partial charge in [-0.25, -0.2) is 0 Å². The van der Waals surface area contributed by atoms with Crippen molar-refractivity contribution in [2.75, 3.05) is 18.5 Å². The molecule has 0 fully saturated rings. The molecule has 2 amide bonds. The first-order valence-corrected chi connectivity index (χ1v) is 10.7. The Hall–Kier alpha value is -3.80. The quantitative estimate of drug-likeness (QED) is 0.474. The zero-order valence-electron chi connectivity index (χ0n) is 18.3. The lowest BCUT2D eigenvalue weighted by atomic mass is 10.0. The van der Waals surface area contributed by atoms with Crippen molar-refractivity contribution >= 4 is 17.5 Å². The first kappa shape index (κ1) is 22.9. The maximum absolute atomic E-state index is 13.0. The second-order valence-corrected chi connectivity index (χ2v) is 7.08. The SMILES string of the molecule is CCOc1ccc(OCC)c(NC(=O)C[C@H](NC(=O)c2ccccc2)c2ccccc2)c1. The second-order valence-electron chi connectivity index (χ2n) is 7.08. The number of rotatable bonds is 10. The van der Waals surface area contributed by atoms with Crippen LogP contribution < -0.4 is 20.1 Å². The first-order chi connectivity index (χ1) is 15.6. The van der Waals surface area contributed by atoms with Crippen molar-refractivity contribution in [1.29, 1.82) is 0 Å². The van der Waals surface area contributed by atoms with E-state index in [1.807, 2.05) is 50.2 Å². The van der Waals surface area contributed by atoms with Gasteiger partial charge in [0, 0.05) is 11.6 Å². The summed E-state index contributed by atoms with van der Waals surface area (Å²) in [7, 11) is 0. The number of nitrogens with one attached hydrogen (secondary N) is 2. The topological polar surface area (TPSA) is 76.7 Å². The van der Waals surface area contributed by atoms with Crippen LogP contribution in [0.15, 0.2) is 78.9 Å². The lowest BCUT2D eigenvalue weighted by molar-refractivity contribution is -0.116. The fourth-order valence-electron chi connectivity index (χ4n) is 3.30. The third kappa shape index (κ3) is 6.35. The predicted molar refractivity (Wildman–Crippen MR) is 125 cm³/mol. The van der Waals surface area contributed by atoms with E-state index in [4.69, 9.17) is 9.47 Å². The molecule has 0 unspecified atom stereocenters. The Kier molecular flexibility index (Phi) is 8.26. The Morgan fingerprint density at radius 2 is 1.50 bits per heavy atom. The van der Waals surface area contributed by atoms with Crippen LogP contribution in [0, 0.1) is 0 Å². The van der Waals surface area contributed by atoms with Gasteiger partial charge in [-0.2, -0.15) is 0 Å². The van der Waals surface area contributed by atoms with Gasteiger partial charge in [-0.15, -0.1) is 0 Å². The number of ether oxygens (including phenoxy) is 2. The lowest BCUT2D eigenvalue weighted by Crippen LogP contribution is -2.31. The standard InChI is InChI=1S/C26H28N2O4/c1-3-31-21-15-16-24(32-4-2)23(17-21)27-25(29)18-22(19-11-7-5-8-12-19)28-26(30)20-13-9-6-10-14-20/h5-17,22H,3-4,18H2,1-2H3,(H,27,29)(H,28,30)/t22-/m0/s1. The van der Waals surface area contributed by atoms with Crippen molar-refractivity contribution in [3.63, 3.8) is 0 Å². The Morgan fingerprint density at radius 3 is 2.16 bits per heavy atom. The van der Waals surface area contributed by atoms with Gasteiger partial charge >= 0.3 is 0 Å². The Balaban J connectivity index is 1.78. The van der Waals surface area contributed by atoms with Gasteiger partial charge in [-0.05, 0) is 43.7 Å². The van der Waals surface area contributed by atoms with Gasteiger partial charge in [0.15, 0.2) is 0 Å². The molecule has 0 radical (unpaired) electrons. The summed E-state index contributed by atoms with van der Waals surface area (Å²) < 4.78 is 11.2. The molecule has 32 heavy (non-hydrogen) atoms. The van der Waals surface area contributed by atoms with E-state index in [-0.39, 0.29) is 18.2 Å². The van der Waals surface area contributed by atoms with Gasteiger partial charge < -0.3 is 20.1 Å². The summed E-state index contributed by atoms with van der Waals surface area (Å²) in [5, 5.41) is 5.89. The van der Waals surface area contributed by atoms with Gasteiger partial charge in [0.1, 0.15) is 11.5 Å². The van der Waals surface area contributed by atoms with E-state index >= 15 is 0 Å². The second kappa shape index (κ2) is 11.6. The van der Waals surface area contributed by atoms with E-state index in [2.05, 4.69) is 10.6 Å². The summed E-state index contributed by atoms with van der Waals surface area (Å²) in [5.74, 6) is 0.722. The smallest absolute Gasteiger partial charge is 0.251 e. The summed E-state index contributed by atoms with van der Waals surface area (Å²) >= 11 is 0. The molecule has 0 aromatic heterocycles. The molecular weight excluding hydrogens is 404 g/mol. The third-order valence-electron chi connectivity index (χ3n) is 4.77. The molecule has 1 atom stereocenters. The van der Waals surface area contributed by atoms with Crippen LogP contribution in [-0.2, 0) is 4.79 Å². The minimum atomic E-state index is -0.491. The van der Waals surface area contributed by atoms with Crippen molar-refractivity contribution in [3.05, 3.63) is 90.0 Å². The summed E-state index contributed by atoms with van der Waals surface area (Å²) in [4.78, 5) is 25.7. The fraction of sp³-hybridized carbons (Fsp3) is 0.231. The van der Waals surface area contributed by atoms with Crippen molar-refractivity contribution in [2.24, 2.45) is 0 Å². The average Bonchev–Trinajstić information content (AvgIpc) is 2.81. The minimum Gasteiger partial charge on any atom is -0.494 e. The van der Waals surface area contributed by atoms with Crippen molar-refractivity contribution in [1.82, 2.24) is 5.32 Å².